The van der Waals surface area contributed by atoms with Gasteiger partial charge in [-0.3, -0.25) is 0 Å². The fourth-order valence-corrected chi connectivity index (χ4v) is 2.84. The molecule has 1 aromatic heterocycles. The molecule has 1 heterocycles. The molecule has 1 aromatic carbocycles. The number of carbonyl (C=O) groups is 1. The summed E-state index contributed by atoms with van der Waals surface area (Å²) in [5.41, 5.74) is 0.815. The van der Waals surface area contributed by atoms with Gasteiger partial charge in [0.05, 0.1) is 10.7 Å². The Balaban J connectivity index is 2.63. The van der Waals surface area contributed by atoms with Crippen LogP contribution in [0, 0.1) is 3.57 Å². The molecule has 0 fully saturated rings. The molecule has 0 amide bonds. The predicted octanol–water partition coefficient (Wildman–Crippen LogP) is 4.20. The lowest BCUT2D eigenvalue weighted by molar-refractivity contribution is 0.0688. The number of nitrogens with zero attached hydrogens (tertiary/aromatic N) is 1. The largest absolute Gasteiger partial charge is 0.477 e. The topological polar surface area (TPSA) is 42.2 Å². The lowest BCUT2D eigenvalue weighted by Crippen LogP contribution is -2.06. The van der Waals surface area contributed by atoms with E-state index in [1.165, 1.54) is 6.07 Å². The summed E-state index contributed by atoms with van der Waals surface area (Å²) in [7, 11) is 0. The van der Waals surface area contributed by atoms with Gasteiger partial charge in [0.1, 0.15) is 5.69 Å². The zero-order chi connectivity index (χ0) is 12.6. The highest BCUT2D eigenvalue weighted by molar-refractivity contribution is 14.1. The fourth-order valence-electron chi connectivity index (χ4n) is 1.47. The van der Waals surface area contributed by atoms with Crippen LogP contribution in [0.2, 0.25) is 5.02 Å². The van der Waals surface area contributed by atoms with Crippen molar-refractivity contribution in [3.8, 4) is 5.69 Å². The van der Waals surface area contributed by atoms with E-state index < -0.39 is 5.97 Å². The van der Waals surface area contributed by atoms with E-state index in [0.29, 0.717) is 15.2 Å². The second kappa shape index (κ2) is 4.99. The lowest BCUT2D eigenvalue weighted by atomic mass is 10.3. The Morgan fingerprint density at radius 1 is 1.41 bits per heavy atom. The maximum absolute atomic E-state index is 11.1. The first-order chi connectivity index (χ1) is 7.99. The van der Waals surface area contributed by atoms with E-state index in [4.69, 9.17) is 16.7 Å². The zero-order valence-electron chi connectivity index (χ0n) is 8.32. The number of rotatable bonds is 2. The molecule has 0 unspecified atom stereocenters. The average molecular weight is 426 g/mol. The smallest absolute Gasteiger partial charge is 0.352 e. The molecule has 0 bridgehead atoms. The third-order valence-electron chi connectivity index (χ3n) is 2.17. The van der Waals surface area contributed by atoms with Gasteiger partial charge in [0.25, 0.3) is 0 Å². The van der Waals surface area contributed by atoms with Gasteiger partial charge < -0.3 is 9.67 Å². The predicted molar refractivity (Wildman–Crippen MR) is 78.2 cm³/mol. The lowest BCUT2D eigenvalue weighted by Gasteiger charge is -2.08. The van der Waals surface area contributed by atoms with Crippen LogP contribution in [0.3, 0.4) is 0 Å². The highest BCUT2D eigenvalue weighted by Gasteiger charge is 2.14. The Kier molecular flexibility index (Phi) is 3.79. The van der Waals surface area contributed by atoms with Gasteiger partial charge >= 0.3 is 5.97 Å². The van der Waals surface area contributed by atoms with Crippen molar-refractivity contribution in [1.82, 2.24) is 4.57 Å². The Hall–Kier alpha value is -0.530. The van der Waals surface area contributed by atoms with Crippen LogP contribution in [0.25, 0.3) is 5.69 Å². The molecule has 88 valence electrons. The van der Waals surface area contributed by atoms with Crippen molar-refractivity contribution in [2.45, 2.75) is 0 Å². The van der Waals surface area contributed by atoms with Crippen molar-refractivity contribution in [1.29, 1.82) is 0 Å². The van der Waals surface area contributed by atoms with Gasteiger partial charge in [-0.2, -0.15) is 0 Å². The number of hydrogen-bond acceptors (Lipinski definition) is 1. The zero-order valence-corrected chi connectivity index (χ0v) is 12.8. The van der Waals surface area contributed by atoms with Crippen LogP contribution >= 0.6 is 50.1 Å². The minimum absolute atomic E-state index is 0.167. The van der Waals surface area contributed by atoms with Crippen molar-refractivity contribution in [2.24, 2.45) is 0 Å². The molecule has 2 aromatic rings. The molecule has 17 heavy (non-hydrogen) atoms. The maximum Gasteiger partial charge on any atom is 0.352 e. The first kappa shape index (κ1) is 12.9. The number of aromatic carboxylic acids is 1. The molecule has 0 saturated carbocycles. The van der Waals surface area contributed by atoms with Crippen molar-refractivity contribution in [2.75, 3.05) is 0 Å². The second-order valence-corrected chi connectivity index (χ2v) is 5.88. The summed E-state index contributed by atoms with van der Waals surface area (Å²) in [4.78, 5) is 11.1. The average Bonchev–Trinajstić information content (AvgIpc) is 2.60. The van der Waals surface area contributed by atoms with E-state index >= 15 is 0 Å². The molecule has 6 heteroatoms. The third-order valence-corrected chi connectivity index (χ3v) is 3.58. The number of carboxylic acid groups (broad SMARTS) is 1. The first-order valence-corrected chi connectivity index (χ1v) is 6.80. The van der Waals surface area contributed by atoms with E-state index in [9.17, 15) is 4.79 Å². The highest BCUT2D eigenvalue weighted by Crippen LogP contribution is 2.27. The molecule has 0 aliphatic heterocycles. The maximum atomic E-state index is 11.1. The van der Waals surface area contributed by atoms with Crippen molar-refractivity contribution in [3.05, 3.63) is 49.2 Å². The van der Waals surface area contributed by atoms with Gasteiger partial charge in [0.2, 0.25) is 0 Å². The standard InChI is InChI=1S/C11H6BrClINO2/c12-6-3-10(11(16)17)15(5-6)9-2-1-7(14)4-8(9)13/h1-5H,(H,16,17). The summed E-state index contributed by atoms with van der Waals surface area (Å²) >= 11 is 11.5. The second-order valence-electron chi connectivity index (χ2n) is 3.31. The van der Waals surface area contributed by atoms with Crippen LogP contribution < -0.4 is 0 Å². The first-order valence-electron chi connectivity index (χ1n) is 4.55. The van der Waals surface area contributed by atoms with Crippen LogP contribution in [0.15, 0.2) is 34.9 Å². The van der Waals surface area contributed by atoms with E-state index in [0.717, 1.165) is 3.57 Å². The monoisotopic (exact) mass is 425 g/mol. The molecule has 0 aliphatic rings. The summed E-state index contributed by atoms with van der Waals surface area (Å²) in [6, 6.07) is 7.00. The van der Waals surface area contributed by atoms with Crippen molar-refractivity contribution < 1.29 is 9.90 Å². The molecular formula is C11H6BrClINO2. The third kappa shape index (κ3) is 2.66. The van der Waals surface area contributed by atoms with Gasteiger partial charge in [0.15, 0.2) is 0 Å². The molecule has 0 spiro atoms. The molecule has 3 nitrogen and oxygen atoms in total. The Morgan fingerprint density at radius 3 is 2.71 bits per heavy atom. The van der Waals surface area contributed by atoms with Crippen molar-refractivity contribution >= 4 is 56.1 Å². The van der Waals surface area contributed by atoms with E-state index in [1.807, 2.05) is 6.07 Å². The Morgan fingerprint density at radius 2 is 2.12 bits per heavy atom. The number of hydrogen-bond donors (Lipinski definition) is 1. The summed E-state index contributed by atoms with van der Waals surface area (Å²) < 4.78 is 3.24. The van der Waals surface area contributed by atoms with Gasteiger partial charge in [-0.05, 0) is 62.8 Å². The van der Waals surface area contributed by atoms with Crippen LogP contribution in [0.1, 0.15) is 10.5 Å². The highest BCUT2D eigenvalue weighted by atomic mass is 127. The molecule has 0 saturated heterocycles. The molecule has 0 radical (unpaired) electrons. The SMILES string of the molecule is O=C(O)c1cc(Br)cn1-c1ccc(I)cc1Cl. The quantitative estimate of drug-likeness (QED) is 0.732. The van der Waals surface area contributed by atoms with Gasteiger partial charge in [-0.1, -0.05) is 11.6 Å². The van der Waals surface area contributed by atoms with E-state index in [-0.39, 0.29) is 5.69 Å². The molecule has 2 rings (SSSR count). The van der Waals surface area contributed by atoms with Crippen LogP contribution in [-0.4, -0.2) is 15.6 Å². The molecular weight excluding hydrogens is 420 g/mol. The number of carboxylic acids is 1. The van der Waals surface area contributed by atoms with Gasteiger partial charge in [-0.15, -0.1) is 0 Å². The van der Waals surface area contributed by atoms with E-state index in [2.05, 4.69) is 38.5 Å². The summed E-state index contributed by atoms with van der Waals surface area (Å²) in [6.07, 6.45) is 1.68. The fraction of sp³-hybridized carbons (Fsp3) is 0. The van der Waals surface area contributed by atoms with E-state index in [1.54, 1.807) is 22.9 Å². The Bertz CT molecular complexity index is 597. The Labute approximate surface area is 125 Å². The normalized spacial score (nSPS) is 10.5. The minimum Gasteiger partial charge on any atom is -0.477 e. The van der Waals surface area contributed by atoms with Gasteiger partial charge in [-0.25, -0.2) is 4.79 Å². The van der Waals surface area contributed by atoms with Crippen LogP contribution in [-0.2, 0) is 0 Å². The van der Waals surface area contributed by atoms with Gasteiger partial charge in [0, 0.05) is 14.2 Å². The summed E-state index contributed by atoms with van der Waals surface area (Å²) in [5, 5.41) is 9.62. The van der Waals surface area contributed by atoms with Crippen molar-refractivity contribution in [3.63, 3.8) is 0 Å². The number of benzene rings is 1. The number of aromatic nitrogens is 1. The number of halogens is 3. The summed E-state index contributed by atoms with van der Waals surface area (Å²) in [5.74, 6) is -0.995. The summed E-state index contributed by atoms with van der Waals surface area (Å²) in [6.45, 7) is 0. The molecule has 0 atom stereocenters. The molecule has 1 N–H and O–H groups in total. The van der Waals surface area contributed by atoms with Crippen LogP contribution in [0.4, 0.5) is 0 Å². The minimum atomic E-state index is -0.995. The molecule has 0 aliphatic carbocycles. The van der Waals surface area contributed by atoms with Crippen LogP contribution in [0.5, 0.6) is 0 Å².